The van der Waals surface area contributed by atoms with E-state index in [1.165, 1.54) is 0 Å². The van der Waals surface area contributed by atoms with Crippen molar-refractivity contribution in [3.8, 4) is 6.07 Å². The van der Waals surface area contributed by atoms with E-state index in [2.05, 4.69) is 15.3 Å². The van der Waals surface area contributed by atoms with Gasteiger partial charge in [0.2, 0.25) is 5.91 Å². The SMILES string of the molecule is Cc1cc(C)c(NC(=O)CN(C)C/C(O)=C(\C#N)c2nc3ccccc3[nH]2)c(C)c1. The number of anilines is 1. The Labute approximate surface area is 175 Å². The van der Waals surface area contributed by atoms with Crippen molar-refractivity contribution in [2.24, 2.45) is 0 Å². The number of aromatic amines is 1. The maximum atomic E-state index is 12.5. The summed E-state index contributed by atoms with van der Waals surface area (Å²) in [6.45, 7) is 6.04. The summed E-state index contributed by atoms with van der Waals surface area (Å²) in [6, 6.07) is 13.4. The van der Waals surface area contributed by atoms with Gasteiger partial charge in [0.1, 0.15) is 17.4 Å². The highest BCUT2D eigenvalue weighted by molar-refractivity contribution is 5.94. The van der Waals surface area contributed by atoms with E-state index in [9.17, 15) is 15.2 Å². The van der Waals surface area contributed by atoms with Gasteiger partial charge in [-0.1, -0.05) is 29.8 Å². The lowest BCUT2D eigenvalue weighted by Crippen LogP contribution is -2.32. The Morgan fingerprint density at radius 3 is 2.50 bits per heavy atom. The van der Waals surface area contributed by atoms with Crippen molar-refractivity contribution in [3.63, 3.8) is 0 Å². The summed E-state index contributed by atoms with van der Waals surface area (Å²) in [4.78, 5) is 21.5. The predicted molar refractivity (Wildman–Crippen MR) is 118 cm³/mol. The Morgan fingerprint density at radius 2 is 1.87 bits per heavy atom. The minimum atomic E-state index is -0.192. The number of aromatic nitrogens is 2. The first-order valence-electron chi connectivity index (χ1n) is 9.62. The molecule has 0 aliphatic heterocycles. The van der Waals surface area contributed by atoms with Gasteiger partial charge in [-0.3, -0.25) is 9.69 Å². The molecule has 0 aliphatic rings. The number of H-pyrrole nitrogens is 1. The smallest absolute Gasteiger partial charge is 0.238 e. The monoisotopic (exact) mass is 403 g/mol. The minimum Gasteiger partial charge on any atom is -0.509 e. The number of fused-ring (bicyclic) bond motifs is 1. The van der Waals surface area contributed by atoms with E-state index < -0.39 is 0 Å². The average molecular weight is 403 g/mol. The Bertz CT molecular complexity index is 1110. The molecule has 0 unspecified atom stereocenters. The van der Waals surface area contributed by atoms with Gasteiger partial charge in [0.05, 0.1) is 24.1 Å². The fraction of sp³-hybridized carbons (Fsp3) is 0.261. The number of aliphatic hydroxyl groups excluding tert-OH is 1. The number of hydrogen-bond acceptors (Lipinski definition) is 5. The molecule has 3 aromatic rings. The molecule has 7 heteroatoms. The highest BCUT2D eigenvalue weighted by Crippen LogP contribution is 2.22. The minimum absolute atomic E-state index is 0.0409. The van der Waals surface area contributed by atoms with Crippen LogP contribution in [-0.2, 0) is 4.79 Å². The Hall–Kier alpha value is -3.63. The van der Waals surface area contributed by atoms with Gasteiger partial charge in [-0.2, -0.15) is 5.26 Å². The molecule has 2 aromatic carbocycles. The average Bonchev–Trinajstić information content (AvgIpc) is 3.08. The van der Waals surface area contributed by atoms with Crippen LogP contribution in [-0.4, -0.2) is 46.0 Å². The van der Waals surface area contributed by atoms with E-state index in [1.807, 2.05) is 63.2 Å². The molecule has 1 aromatic heterocycles. The molecule has 0 bridgehead atoms. The molecule has 0 fully saturated rings. The Morgan fingerprint density at radius 1 is 1.20 bits per heavy atom. The summed E-state index contributed by atoms with van der Waals surface area (Å²) in [5.41, 5.74) is 5.51. The second kappa shape index (κ2) is 8.80. The molecule has 1 amide bonds. The van der Waals surface area contributed by atoms with Crippen LogP contribution in [0, 0.1) is 32.1 Å². The molecule has 0 saturated heterocycles. The van der Waals surface area contributed by atoms with Gasteiger partial charge in [-0.25, -0.2) is 4.98 Å². The van der Waals surface area contributed by atoms with Gasteiger partial charge in [-0.05, 0) is 51.1 Å². The van der Waals surface area contributed by atoms with Crippen LogP contribution in [0.4, 0.5) is 5.69 Å². The van der Waals surface area contributed by atoms with Crippen molar-refractivity contribution in [1.29, 1.82) is 5.26 Å². The molecule has 0 aliphatic carbocycles. The van der Waals surface area contributed by atoms with Crippen LogP contribution in [0.2, 0.25) is 0 Å². The molecule has 7 nitrogen and oxygen atoms in total. The van der Waals surface area contributed by atoms with E-state index in [0.29, 0.717) is 11.3 Å². The first-order valence-corrected chi connectivity index (χ1v) is 9.62. The van der Waals surface area contributed by atoms with Gasteiger partial charge in [0.25, 0.3) is 0 Å². The van der Waals surface area contributed by atoms with Crippen molar-refractivity contribution in [1.82, 2.24) is 14.9 Å². The molecule has 3 rings (SSSR count). The van der Waals surface area contributed by atoms with Gasteiger partial charge < -0.3 is 15.4 Å². The first-order chi connectivity index (χ1) is 14.3. The van der Waals surface area contributed by atoms with E-state index >= 15 is 0 Å². The Balaban J connectivity index is 1.70. The number of nitrogens with one attached hydrogen (secondary N) is 2. The lowest BCUT2D eigenvalue weighted by atomic mass is 10.1. The number of amides is 1. The zero-order valence-electron chi connectivity index (χ0n) is 17.6. The third kappa shape index (κ3) is 4.67. The second-order valence-corrected chi connectivity index (χ2v) is 7.53. The van der Waals surface area contributed by atoms with Crippen LogP contribution in [0.1, 0.15) is 22.5 Å². The lowest BCUT2D eigenvalue weighted by Gasteiger charge is -2.18. The predicted octanol–water partition coefficient (Wildman–Crippen LogP) is 3.85. The van der Waals surface area contributed by atoms with Crippen molar-refractivity contribution in [2.45, 2.75) is 20.8 Å². The number of hydrogen-bond donors (Lipinski definition) is 3. The number of imidazole rings is 1. The van der Waals surface area contributed by atoms with Crippen LogP contribution in [0.15, 0.2) is 42.2 Å². The molecule has 0 atom stereocenters. The fourth-order valence-electron chi connectivity index (χ4n) is 3.52. The zero-order chi connectivity index (χ0) is 21.8. The van der Waals surface area contributed by atoms with Crippen LogP contribution < -0.4 is 5.32 Å². The highest BCUT2D eigenvalue weighted by atomic mass is 16.3. The summed E-state index contributed by atoms with van der Waals surface area (Å²) >= 11 is 0. The van der Waals surface area contributed by atoms with Crippen molar-refractivity contribution < 1.29 is 9.90 Å². The molecular weight excluding hydrogens is 378 g/mol. The molecule has 0 radical (unpaired) electrons. The molecule has 3 N–H and O–H groups in total. The largest absolute Gasteiger partial charge is 0.509 e. The molecule has 0 saturated carbocycles. The number of para-hydroxylation sites is 2. The number of allylic oxidation sites excluding steroid dienone is 1. The van der Waals surface area contributed by atoms with Crippen LogP contribution in [0.5, 0.6) is 0 Å². The van der Waals surface area contributed by atoms with E-state index in [1.54, 1.807) is 11.9 Å². The van der Waals surface area contributed by atoms with Crippen molar-refractivity contribution in [2.75, 3.05) is 25.5 Å². The number of benzene rings is 2. The number of carbonyl (C=O) groups excluding carboxylic acids is 1. The summed E-state index contributed by atoms with van der Waals surface area (Å²) < 4.78 is 0. The first kappa shape index (κ1) is 21.1. The number of aliphatic hydroxyl groups is 1. The quantitative estimate of drug-likeness (QED) is 0.428. The molecular formula is C23H25N5O2. The zero-order valence-corrected chi connectivity index (χ0v) is 17.6. The van der Waals surface area contributed by atoms with Crippen molar-refractivity contribution in [3.05, 3.63) is 64.7 Å². The van der Waals surface area contributed by atoms with Crippen LogP contribution >= 0.6 is 0 Å². The van der Waals surface area contributed by atoms with Gasteiger partial charge >= 0.3 is 0 Å². The molecule has 30 heavy (non-hydrogen) atoms. The number of nitriles is 1. The standard InChI is InChI=1S/C23H25N5O2/c1-14-9-15(2)22(16(3)10-14)27-21(30)13-28(4)12-20(29)17(11-24)23-25-18-7-5-6-8-19(18)26-23/h5-10,29H,12-13H2,1-4H3,(H,25,26)(H,27,30)/b20-17-. The maximum Gasteiger partial charge on any atom is 0.238 e. The number of rotatable bonds is 6. The van der Waals surface area contributed by atoms with E-state index in [4.69, 9.17) is 0 Å². The van der Waals surface area contributed by atoms with Crippen LogP contribution in [0.3, 0.4) is 0 Å². The number of nitrogens with zero attached hydrogens (tertiary/aromatic N) is 3. The van der Waals surface area contributed by atoms with Gasteiger partial charge in [0.15, 0.2) is 5.82 Å². The third-order valence-corrected chi connectivity index (χ3v) is 4.80. The third-order valence-electron chi connectivity index (χ3n) is 4.80. The van der Waals surface area contributed by atoms with E-state index in [0.717, 1.165) is 27.9 Å². The lowest BCUT2D eigenvalue weighted by molar-refractivity contribution is -0.117. The van der Waals surface area contributed by atoms with Crippen LogP contribution in [0.25, 0.3) is 16.6 Å². The summed E-state index contributed by atoms with van der Waals surface area (Å²) in [5.74, 6) is -0.0305. The molecule has 154 valence electrons. The molecule has 1 heterocycles. The second-order valence-electron chi connectivity index (χ2n) is 7.53. The molecule has 0 spiro atoms. The summed E-state index contributed by atoms with van der Waals surface area (Å²) in [7, 11) is 1.71. The van der Waals surface area contributed by atoms with Gasteiger partial charge in [-0.15, -0.1) is 0 Å². The highest BCUT2D eigenvalue weighted by Gasteiger charge is 2.16. The topological polar surface area (TPSA) is 105 Å². The van der Waals surface area contributed by atoms with E-state index in [-0.39, 0.29) is 30.3 Å². The maximum absolute atomic E-state index is 12.5. The van der Waals surface area contributed by atoms with Gasteiger partial charge in [0, 0.05) is 5.69 Å². The number of aryl methyl sites for hydroxylation is 3. The fourth-order valence-corrected chi connectivity index (χ4v) is 3.52. The van der Waals surface area contributed by atoms with Crippen molar-refractivity contribution >= 4 is 28.2 Å². The normalized spacial score (nSPS) is 12.0. The summed E-state index contributed by atoms with van der Waals surface area (Å²) in [5, 5.41) is 23.0. The summed E-state index contributed by atoms with van der Waals surface area (Å²) in [6.07, 6.45) is 0. The number of carbonyl (C=O) groups is 1. The Kier molecular flexibility index (Phi) is 6.19. The number of likely N-dealkylation sites (N-methyl/N-ethyl adjacent to an activating group) is 1.